The maximum Gasteiger partial charge on any atom is 0.248 e. The number of fused-ring (bicyclic) bond motifs is 1. The van der Waals surface area contributed by atoms with Crippen LogP contribution in [-0.4, -0.2) is 40.1 Å². The summed E-state index contributed by atoms with van der Waals surface area (Å²) in [5.41, 5.74) is 7.69. The van der Waals surface area contributed by atoms with Crippen LogP contribution < -0.4 is 20.5 Å². The Morgan fingerprint density at radius 1 is 1.26 bits per heavy atom. The van der Waals surface area contributed by atoms with E-state index in [1.807, 2.05) is 32.0 Å². The monoisotopic (exact) mass is 445 g/mol. The van der Waals surface area contributed by atoms with Gasteiger partial charge in [-0.25, -0.2) is 4.68 Å². The lowest BCUT2D eigenvalue weighted by molar-refractivity contribution is -0.115. The molecule has 0 aliphatic carbocycles. The van der Waals surface area contributed by atoms with Gasteiger partial charge in [0, 0.05) is 5.70 Å². The van der Waals surface area contributed by atoms with Gasteiger partial charge in [-0.1, -0.05) is 50.9 Å². The molecule has 1 amide bonds. The van der Waals surface area contributed by atoms with Crippen molar-refractivity contribution in [3.05, 3.63) is 35.0 Å². The minimum absolute atomic E-state index is 0.445. The number of hydrogen-bond donors (Lipinski definition) is 2. The molecule has 1 aliphatic heterocycles. The van der Waals surface area contributed by atoms with Crippen molar-refractivity contribution in [2.75, 3.05) is 24.8 Å². The highest BCUT2D eigenvalue weighted by molar-refractivity contribution is 7.99. The summed E-state index contributed by atoms with van der Waals surface area (Å²) in [7, 11) is 1.61. The summed E-state index contributed by atoms with van der Waals surface area (Å²) >= 11 is 1.54. The van der Waals surface area contributed by atoms with Gasteiger partial charge < -0.3 is 20.5 Å². The number of allylic oxidation sites excluding steroid dienone is 1. The molecule has 3 rings (SSSR count). The molecule has 9 heteroatoms. The van der Waals surface area contributed by atoms with E-state index in [1.165, 1.54) is 24.6 Å². The number of aromatic nitrogens is 3. The van der Waals surface area contributed by atoms with Crippen LogP contribution in [-0.2, 0) is 4.79 Å². The lowest BCUT2D eigenvalue weighted by Crippen LogP contribution is -2.31. The molecular formula is C22H31N5O3S. The molecular weight excluding hydrogens is 414 g/mol. The van der Waals surface area contributed by atoms with Crippen LogP contribution in [0, 0.1) is 0 Å². The molecule has 31 heavy (non-hydrogen) atoms. The summed E-state index contributed by atoms with van der Waals surface area (Å²) in [5, 5.41) is 8.41. The molecule has 168 valence electrons. The first kappa shape index (κ1) is 23.0. The Balaban J connectivity index is 1.94. The Labute approximate surface area is 187 Å². The summed E-state index contributed by atoms with van der Waals surface area (Å²) in [6.45, 7) is 6.69. The fraction of sp³-hybridized carbons (Fsp3) is 0.500. The summed E-state index contributed by atoms with van der Waals surface area (Å²) in [6, 6.07) is 5.18. The standard InChI is InChI=1S/C22H31N5O3S/c1-5-7-8-9-12-30-16-11-10-15(13-17(16)29-4)19-18(20(23)28)14(3)24-21-25-22(31-6-2)26-27(19)21/h10-11,13,19H,5-9,12H2,1-4H3,(H2,23,28)(H,24,25,26). The summed E-state index contributed by atoms with van der Waals surface area (Å²) < 4.78 is 13.2. The molecule has 1 atom stereocenters. The highest BCUT2D eigenvalue weighted by atomic mass is 32.2. The van der Waals surface area contributed by atoms with E-state index in [2.05, 4.69) is 22.3 Å². The Kier molecular flexibility index (Phi) is 7.84. The second-order valence-electron chi connectivity index (χ2n) is 7.35. The van der Waals surface area contributed by atoms with E-state index in [0.717, 1.165) is 24.2 Å². The Morgan fingerprint density at radius 2 is 2.06 bits per heavy atom. The van der Waals surface area contributed by atoms with Crippen LogP contribution in [0.3, 0.4) is 0 Å². The van der Waals surface area contributed by atoms with Gasteiger partial charge in [-0.05, 0) is 36.8 Å². The number of primary amides is 1. The number of unbranched alkanes of at least 4 members (excludes halogenated alkanes) is 3. The van der Waals surface area contributed by atoms with E-state index >= 15 is 0 Å². The SMILES string of the molecule is CCCCCCOc1ccc(C2C(C(N)=O)=C(C)Nc3nc(SCC)nn32)cc1OC. The third-order valence-electron chi connectivity index (χ3n) is 5.13. The van der Waals surface area contributed by atoms with Gasteiger partial charge in [0.15, 0.2) is 11.5 Å². The first-order chi connectivity index (χ1) is 15.0. The number of thioether (sulfide) groups is 1. The number of carbonyl (C=O) groups is 1. The van der Waals surface area contributed by atoms with Crippen LogP contribution >= 0.6 is 11.8 Å². The van der Waals surface area contributed by atoms with Crippen molar-refractivity contribution in [1.82, 2.24) is 14.8 Å². The molecule has 0 saturated carbocycles. The number of nitrogens with one attached hydrogen (secondary N) is 1. The normalized spacial score (nSPS) is 15.4. The third-order valence-corrected chi connectivity index (χ3v) is 5.85. The highest BCUT2D eigenvalue weighted by Crippen LogP contribution is 2.39. The first-order valence-electron chi connectivity index (χ1n) is 10.7. The maximum atomic E-state index is 12.3. The number of nitrogens with zero attached hydrogens (tertiary/aromatic N) is 3. The van der Waals surface area contributed by atoms with Gasteiger partial charge in [-0.15, -0.1) is 5.10 Å². The van der Waals surface area contributed by atoms with E-state index in [9.17, 15) is 4.79 Å². The number of hydrogen-bond acceptors (Lipinski definition) is 7. The molecule has 0 bridgehead atoms. The molecule has 0 radical (unpaired) electrons. The summed E-state index contributed by atoms with van der Waals surface area (Å²) in [6.07, 6.45) is 4.54. The molecule has 3 N–H and O–H groups in total. The van der Waals surface area contributed by atoms with Gasteiger partial charge in [0.1, 0.15) is 6.04 Å². The third kappa shape index (κ3) is 5.15. The van der Waals surface area contributed by atoms with Crippen molar-refractivity contribution in [2.45, 2.75) is 57.7 Å². The Hall–Kier alpha value is -2.68. The first-order valence-corrected chi connectivity index (χ1v) is 11.7. The highest BCUT2D eigenvalue weighted by Gasteiger charge is 2.33. The molecule has 1 aromatic carbocycles. The number of amides is 1. The predicted octanol–water partition coefficient (Wildman–Crippen LogP) is 4.13. The molecule has 1 unspecified atom stereocenters. The van der Waals surface area contributed by atoms with E-state index in [0.29, 0.717) is 40.5 Å². The maximum absolute atomic E-state index is 12.3. The second kappa shape index (κ2) is 10.6. The minimum atomic E-state index is -0.504. The molecule has 2 heterocycles. The average molecular weight is 446 g/mol. The second-order valence-corrected chi connectivity index (χ2v) is 8.58. The lowest BCUT2D eigenvalue weighted by Gasteiger charge is -2.28. The van der Waals surface area contributed by atoms with E-state index < -0.39 is 11.9 Å². The van der Waals surface area contributed by atoms with Crippen LogP contribution in [0.4, 0.5) is 5.95 Å². The van der Waals surface area contributed by atoms with Crippen molar-refractivity contribution < 1.29 is 14.3 Å². The Morgan fingerprint density at radius 3 is 2.74 bits per heavy atom. The largest absolute Gasteiger partial charge is 0.493 e. The van der Waals surface area contributed by atoms with Crippen molar-refractivity contribution in [2.24, 2.45) is 5.73 Å². The summed E-state index contributed by atoms with van der Waals surface area (Å²) in [4.78, 5) is 16.9. The summed E-state index contributed by atoms with van der Waals surface area (Å²) in [5.74, 6) is 2.22. The number of benzene rings is 1. The van der Waals surface area contributed by atoms with Crippen molar-refractivity contribution >= 4 is 23.6 Å². The zero-order valence-corrected chi connectivity index (χ0v) is 19.4. The van der Waals surface area contributed by atoms with Crippen molar-refractivity contribution in [3.8, 4) is 11.5 Å². The topological polar surface area (TPSA) is 104 Å². The van der Waals surface area contributed by atoms with Gasteiger partial charge in [0.25, 0.3) is 0 Å². The quantitative estimate of drug-likeness (QED) is 0.396. The molecule has 0 saturated heterocycles. The van der Waals surface area contributed by atoms with Crippen molar-refractivity contribution in [1.29, 1.82) is 0 Å². The zero-order valence-electron chi connectivity index (χ0n) is 18.6. The molecule has 0 fully saturated rings. The number of methoxy groups -OCH3 is 1. The smallest absolute Gasteiger partial charge is 0.248 e. The van der Waals surface area contributed by atoms with Crippen LogP contribution in [0.15, 0.2) is 34.6 Å². The molecule has 1 aliphatic rings. The predicted molar refractivity (Wildman–Crippen MR) is 123 cm³/mol. The van der Waals surface area contributed by atoms with Gasteiger partial charge in [0.2, 0.25) is 17.0 Å². The van der Waals surface area contributed by atoms with Gasteiger partial charge >= 0.3 is 0 Å². The fourth-order valence-corrected chi connectivity index (χ4v) is 4.19. The van der Waals surface area contributed by atoms with E-state index in [1.54, 1.807) is 11.8 Å². The van der Waals surface area contributed by atoms with Crippen molar-refractivity contribution in [3.63, 3.8) is 0 Å². The molecule has 1 aromatic heterocycles. The number of rotatable bonds is 11. The fourth-order valence-electron chi connectivity index (χ4n) is 3.63. The lowest BCUT2D eigenvalue weighted by atomic mass is 9.95. The number of ether oxygens (including phenoxy) is 2. The average Bonchev–Trinajstić information content (AvgIpc) is 3.14. The van der Waals surface area contributed by atoms with Gasteiger partial charge in [-0.3, -0.25) is 4.79 Å². The number of anilines is 1. The van der Waals surface area contributed by atoms with E-state index in [-0.39, 0.29) is 0 Å². The van der Waals surface area contributed by atoms with Crippen LogP contribution in [0.2, 0.25) is 0 Å². The van der Waals surface area contributed by atoms with Crippen LogP contribution in [0.1, 0.15) is 58.1 Å². The molecule has 2 aromatic rings. The Bertz CT molecular complexity index is 957. The minimum Gasteiger partial charge on any atom is -0.493 e. The van der Waals surface area contributed by atoms with Gasteiger partial charge in [-0.2, -0.15) is 4.98 Å². The molecule has 0 spiro atoms. The number of nitrogens with two attached hydrogens (primary N) is 1. The van der Waals surface area contributed by atoms with E-state index in [4.69, 9.17) is 15.2 Å². The van der Waals surface area contributed by atoms with Crippen LogP contribution in [0.5, 0.6) is 11.5 Å². The zero-order chi connectivity index (χ0) is 22.4. The van der Waals surface area contributed by atoms with Gasteiger partial charge in [0.05, 0.1) is 19.3 Å². The van der Waals surface area contributed by atoms with Crippen LogP contribution in [0.25, 0.3) is 0 Å². The number of carbonyl (C=O) groups excluding carboxylic acids is 1. The molecule has 8 nitrogen and oxygen atoms in total.